The Balaban J connectivity index is 2.20. The summed E-state index contributed by atoms with van der Waals surface area (Å²) >= 11 is 0. The number of aromatic nitrogens is 4. The third-order valence-electron chi connectivity index (χ3n) is 1.98. The molecule has 0 bridgehead atoms. The number of nitrogens with two attached hydrogens (primary N) is 1. The Morgan fingerprint density at radius 2 is 2.38 bits per heavy atom. The van der Waals surface area contributed by atoms with Gasteiger partial charge in [0.25, 0.3) is 5.89 Å². The summed E-state index contributed by atoms with van der Waals surface area (Å²) < 4.78 is 4.91. The molecule has 16 heavy (non-hydrogen) atoms. The second-order valence-electron chi connectivity index (χ2n) is 3.14. The molecule has 0 aliphatic rings. The van der Waals surface area contributed by atoms with E-state index < -0.39 is 6.10 Å². The van der Waals surface area contributed by atoms with Gasteiger partial charge in [0, 0.05) is 6.20 Å². The fourth-order valence-electron chi connectivity index (χ4n) is 1.18. The SMILES string of the molecule is NCCC(O)c1nc(-c2ccncn2)no1. The fraction of sp³-hybridized carbons (Fsp3) is 0.333. The van der Waals surface area contributed by atoms with E-state index in [9.17, 15) is 5.11 Å². The van der Waals surface area contributed by atoms with E-state index in [0.717, 1.165) is 0 Å². The van der Waals surface area contributed by atoms with Crippen molar-refractivity contribution in [3.63, 3.8) is 0 Å². The van der Waals surface area contributed by atoms with E-state index >= 15 is 0 Å². The van der Waals surface area contributed by atoms with E-state index in [1.807, 2.05) is 0 Å². The summed E-state index contributed by atoms with van der Waals surface area (Å²) in [5.74, 6) is 0.479. The van der Waals surface area contributed by atoms with Crippen LogP contribution < -0.4 is 5.73 Å². The van der Waals surface area contributed by atoms with Crippen molar-refractivity contribution in [2.45, 2.75) is 12.5 Å². The Morgan fingerprint density at radius 3 is 3.06 bits per heavy atom. The third kappa shape index (κ3) is 2.20. The monoisotopic (exact) mass is 221 g/mol. The number of nitrogens with zero attached hydrogens (tertiary/aromatic N) is 4. The highest BCUT2D eigenvalue weighted by molar-refractivity contribution is 5.46. The first-order valence-corrected chi connectivity index (χ1v) is 4.79. The molecule has 0 amide bonds. The molecule has 1 atom stereocenters. The van der Waals surface area contributed by atoms with Gasteiger partial charge in [0.2, 0.25) is 5.82 Å². The summed E-state index contributed by atoms with van der Waals surface area (Å²) in [6.07, 6.45) is 2.52. The van der Waals surface area contributed by atoms with Gasteiger partial charge in [-0.25, -0.2) is 9.97 Å². The largest absolute Gasteiger partial charge is 0.383 e. The van der Waals surface area contributed by atoms with Crippen LogP contribution in [0.5, 0.6) is 0 Å². The van der Waals surface area contributed by atoms with Crippen LogP contribution in [0.1, 0.15) is 18.4 Å². The quantitative estimate of drug-likeness (QED) is 0.741. The average molecular weight is 221 g/mol. The maximum atomic E-state index is 9.57. The molecule has 0 aliphatic heterocycles. The van der Waals surface area contributed by atoms with E-state index in [2.05, 4.69) is 20.1 Å². The summed E-state index contributed by atoms with van der Waals surface area (Å²) in [4.78, 5) is 11.8. The Kier molecular flexibility index (Phi) is 3.18. The van der Waals surface area contributed by atoms with Crippen molar-refractivity contribution in [2.24, 2.45) is 5.73 Å². The molecule has 0 aliphatic carbocycles. The molecule has 3 N–H and O–H groups in total. The van der Waals surface area contributed by atoms with Crippen molar-refractivity contribution in [2.75, 3.05) is 6.54 Å². The van der Waals surface area contributed by atoms with Gasteiger partial charge in [-0.15, -0.1) is 0 Å². The number of hydrogen-bond acceptors (Lipinski definition) is 7. The molecule has 0 saturated carbocycles. The number of aliphatic hydroxyl groups excluding tert-OH is 1. The van der Waals surface area contributed by atoms with Crippen LogP contribution in [-0.2, 0) is 0 Å². The van der Waals surface area contributed by atoms with Gasteiger partial charge in [0.1, 0.15) is 18.1 Å². The zero-order valence-corrected chi connectivity index (χ0v) is 8.45. The molecule has 2 aromatic heterocycles. The van der Waals surface area contributed by atoms with E-state index in [1.54, 1.807) is 12.3 Å². The second-order valence-corrected chi connectivity index (χ2v) is 3.14. The molecule has 2 heterocycles. The van der Waals surface area contributed by atoms with Crippen LogP contribution >= 0.6 is 0 Å². The van der Waals surface area contributed by atoms with E-state index in [-0.39, 0.29) is 5.89 Å². The molecule has 7 nitrogen and oxygen atoms in total. The second kappa shape index (κ2) is 4.77. The number of hydrogen-bond donors (Lipinski definition) is 2. The van der Waals surface area contributed by atoms with E-state index in [1.165, 1.54) is 6.33 Å². The first kappa shape index (κ1) is 10.7. The van der Waals surface area contributed by atoms with Gasteiger partial charge < -0.3 is 15.4 Å². The minimum absolute atomic E-state index is 0.152. The van der Waals surface area contributed by atoms with E-state index in [4.69, 9.17) is 10.3 Å². The summed E-state index contributed by atoms with van der Waals surface area (Å²) in [6, 6.07) is 1.66. The highest BCUT2D eigenvalue weighted by Gasteiger charge is 2.16. The Hall–Kier alpha value is -1.86. The summed E-state index contributed by atoms with van der Waals surface area (Å²) in [5, 5.41) is 13.3. The van der Waals surface area contributed by atoms with Crippen LogP contribution in [0.3, 0.4) is 0 Å². The van der Waals surface area contributed by atoms with Crippen LogP contribution in [0.25, 0.3) is 11.5 Å². The molecule has 2 aromatic rings. The molecule has 2 rings (SSSR count). The van der Waals surface area contributed by atoms with Crippen LogP contribution in [0.4, 0.5) is 0 Å². The normalized spacial score (nSPS) is 12.6. The maximum absolute atomic E-state index is 9.57. The summed E-state index contributed by atoms with van der Waals surface area (Å²) in [7, 11) is 0. The Labute approximate surface area is 91.3 Å². The van der Waals surface area contributed by atoms with Crippen LogP contribution in [0.15, 0.2) is 23.1 Å². The van der Waals surface area contributed by atoms with Crippen LogP contribution in [0.2, 0.25) is 0 Å². The maximum Gasteiger partial charge on any atom is 0.255 e. The third-order valence-corrected chi connectivity index (χ3v) is 1.98. The average Bonchev–Trinajstić information content (AvgIpc) is 2.80. The minimum Gasteiger partial charge on any atom is -0.383 e. The molecule has 0 aromatic carbocycles. The Morgan fingerprint density at radius 1 is 1.50 bits per heavy atom. The zero-order valence-electron chi connectivity index (χ0n) is 8.45. The van der Waals surface area contributed by atoms with Crippen molar-refractivity contribution in [1.29, 1.82) is 0 Å². The predicted molar refractivity (Wildman–Crippen MR) is 54.0 cm³/mol. The van der Waals surface area contributed by atoms with Gasteiger partial charge in [0.15, 0.2) is 0 Å². The topological polar surface area (TPSA) is 111 Å². The molecule has 84 valence electrons. The standard InChI is InChI=1S/C9H11N5O2/c10-3-1-7(15)9-13-8(14-16-9)6-2-4-11-5-12-6/h2,4-5,7,15H,1,3,10H2. The van der Waals surface area contributed by atoms with Crippen molar-refractivity contribution >= 4 is 0 Å². The molecule has 1 unspecified atom stereocenters. The smallest absolute Gasteiger partial charge is 0.255 e. The lowest BCUT2D eigenvalue weighted by Gasteiger charge is -2.00. The lowest BCUT2D eigenvalue weighted by molar-refractivity contribution is 0.127. The number of aliphatic hydroxyl groups is 1. The molecular weight excluding hydrogens is 210 g/mol. The van der Waals surface area contributed by atoms with Gasteiger partial charge in [-0.1, -0.05) is 5.16 Å². The first-order valence-electron chi connectivity index (χ1n) is 4.79. The zero-order chi connectivity index (χ0) is 11.4. The molecule has 0 spiro atoms. The highest BCUT2D eigenvalue weighted by atomic mass is 16.5. The lowest BCUT2D eigenvalue weighted by Crippen LogP contribution is -2.06. The number of rotatable bonds is 4. The predicted octanol–water partition coefficient (Wildman–Crippen LogP) is -0.0912. The Bertz CT molecular complexity index is 444. The van der Waals surface area contributed by atoms with Crippen molar-refractivity contribution < 1.29 is 9.63 Å². The van der Waals surface area contributed by atoms with Crippen LogP contribution in [-0.4, -0.2) is 31.8 Å². The molecule has 7 heteroatoms. The minimum atomic E-state index is -0.826. The summed E-state index contributed by atoms with van der Waals surface area (Å²) in [5.41, 5.74) is 5.86. The lowest BCUT2D eigenvalue weighted by atomic mass is 10.2. The highest BCUT2D eigenvalue weighted by Crippen LogP contribution is 2.17. The summed E-state index contributed by atoms with van der Waals surface area (Å²) in [6.45, 7) is 0.354. The molecule has 0 fully saturated rings. The van der Waals surface area contributed by atoms with Gasteiger partial charge in [-0.05, 0) is 19.0 Å². The van der Waals surface area contributed by atoms with E-state index in [0.29, 0.717) is 24.5 Å². The molecule has 0 saturated heterocycles. The molecule has 0 radical (unpaired) electrons. The van der Waals surface area contributed by atoms with Gasteiger partial charge in [-0.2, -0.15) is 4.98 Å². The fourth-order valence-corrected chi connectivity index (χ4v) is 1.18. The molecular formula is C9H11N5O2. The van der Waals surface area contributed by atoms with Crippen molar-refractivity contribution in [3.05, 3.63) is 24.5 Å². The van der Waals surface area contributed by atoms with Crippen molar-refractivity contribution in [1.82, 2.24) is 20.1 Å². The van der Waals surface area contributed by atoms with Gasteiger partial charge in [0.05, 0.1) is 0 Å². The van der Waals surface area contributed by atoms with Gasteiger partial charge in [-0.3, -0.25) is 0 Å². The van der Waals surface area contributed by atoms with Gasteiger partial charge >= 0.3 is 0 Å². The van der Waals surface area contributed by atoms with Crippen LogP contribution in [0, 0.1) is 0 Å². The van der Waals surface area contributed by atoms with Crippen molar-refractivity contribution in [3.8, 4) is 11.5 Å². The first-order chi connectivity index (χ1) is 7.81.